The Kier molecular flexibility index (Phi) is 9.54. The van der Waals surface area contributed by atoms with Crippen molar-refractivity contribution in [3.63, 3.8) is 0 Å². The van der Waals surface area contributed by atoms with Crippen LogP contribution in [0, 0.1) is 0 Å². The largest absolute Gasteiger partial charge is 0.495 e. The summed E-state index contributed by atoms with van der Waals surface area (Å²) in [5, 5.41) is 0. The van der Waals surface area contributed by atoms with Crippen LogP contribution in [-0.2, 0) is 30.7 Å². The second-order valence-electron chi connectivity index (χ2n) is 7.23. The number of ether oxygens (including phenoxy) is 3. The zero-order valence-electron chi connectivity index (χ0n) is 18.4. The molecule has 1 fully saturated rings. The van der Waals surface area contributed by atoms with Gasteiger partial charge in [0.1, 0.15) is 10.6 Å². The number of carbonyl (C=O) groups excluding carboxylic acids is 1. The molecule has 0 radical (unpaired) electrons. The van der Waals surface area contributed by atoms with Gasteiger partial charge < -0.3 is 19.1 Å². The molecule has 0 spiro atoms. The minimum atomic E-state index is -3.74. The summed E-state index contributed by atoms with van der Waals surface area (Å²) in [6.45, 7) is 6.41. The molecule has 30 heavy (non-hydrogen) atoms. The standard InChI is InChI=1S/C21H34N2O6S/c1-5-18(6-2)23(11-12-27-3)21(24)16-17-7-8-19(28-4)20(15-17)30(25,26)22-9-13-29-14-10-22/h7-8,15,18H,5-6,9-14,16H2,1-4H3. The van der Waals surface area contributed by atoms with Gasteiger partial charge in [-0.05, 0) is 30.5 Å². The number of nitrogens with zero attached hydrogens (tertiary/aromatic N) is 2. The highest BCUT2D eigenvalue weighted by Crippen LogP contribution is 2.29. The predicted molar refractivity (Wildman–Crippen MR) is 114 cm³/mol. The number of hydrogen-bond donors (Lipinski definition) is 0. The molecular formula is C21H34N2O6S. The third-order valence-corrected chi connectivity index (χ3v) is 7.33. The fourth-order valence-corrected chi connectivity index (χ4v) is 5.28. The normalized spacial score (nSPS) is 15.4. The molecule has 0 unspecified atom stereocenters. The average molecular weight is 443 g/mol. The quantitative estimate of drug-likeness (QED) is 0.521. The lowest BCUT2D eigenvalue weighted by Gasteiger charge is -2.31. The molecule has 1 aromatic carbocycles. The Morgan fingerprint density at radius 2 is 1.87 bits per heavy atom. The Bertz CT molecular complexity index is 789. The van der Waals surface area contributed by atoms with Crippen molar-refractivity contribution in [3.8, 4) is 5.75 Å². The van der Waals surface area contributed by atoms with E-state index in [4.69, 9.17) is 14.2 Å². The van der Waals surface area contributed by atoms with Gasteiger partial charge in [-0.15, -0.1) is 0 Å². The molecule has 1 amide bonds. The lowest BCUT2D eigenvalue weighted by Crippen LogP contribution is -2.42. The molecule has 170 valence electrons. The molecule has 0 aromatic heterocycles. The SMILES string of the molecule is CCC(CC)N(CCOC)C(=O)Cc1ccc(OC)c(S(=O)(=O)N2CCOCC2)c1. The molecule has 0 saturated carbocycles. The van der Waals surface area contributed by atoms with Crippen molar-refractivity contribution in [2.24, 2.45) is 0 Å². The maximum atomic E-state index is 13.2. The van der Waals surface area contributed by atoms with E-state index in [9.17, 15) is 13.2 Å². The van der Waals surface area contributed by atoms with Crippen LogP contribution in [0.3, 0.4) is 0 Å². The number of morpholine rings is 1. The molecule has 1 aromatic rings. The smallest absolute Gasteiger partial charge is 0.246 e. The monoisotopic (exact) mass is 442 g/mol. The molecule has 1 aliphatic rings. The van der Waals surface area contributed by atoms with E-state index < -0.39 is 10.0 Å². The third-order valence-electron chi connectivity index (χ3n) is 5.41. The number of carbonyl (C=O) groups is 1. The highest BCUT2D eigenvalue weighted by atomic mass is 32.2. The van der Waals surface area contributed by atoms with E-state index in [1.165, 1.54) is 11.4 Å². The first-order valence-electron chi connectivity index (χ1n) is 10.4. The van der Waals surface area contributed by atoms with Crippen molar-refractivity contribution in [2.45, 2.75) is 44.0 Å². The van der Waals surface area contributed by atoms with Crippen molar-refractivity contribution >= 4 is 15.9 Å². The van der Waals surface area contributed by atoms with Crippen LogP contribution in [0.25, 0.3) is 0 Å². The fourth-order valence-electron chi connectivity index (χ4n) is 3.66. The predicted octanol–water partition coefficient (Wildman–Crippen LogP) is 1.92. The first-order valence-corrected chi connectivity index (χ1v) is 11.9. The zero-order chi connectivity index (χ0) is 22.1. The topological polar surface area (TPSA) is 85.4 Å². The maximum Gasteiger partial charge on any atom is 0.246 e. The van der Waals surface area contributed by atoms with Crippen LogP contribution in [0.15, 0.2) is 23.1 Å². The van der Waals surface area contributed by atoms with E-state index in [-0.39, 0.29) is 29.0 Å². The molecule has 1 heterocycles. The van der Waals surface area contributed by atoms with Gasteiger partial charge in [0.25, 0.3) is 0 Å². The van der Waals surface area contributed by atoms with E-state index in [0.717, 1.165) is 12.8 Å². The molecule has 0 aliphatic carbocycles. The van der Waals surface area contributed by atoms with E-state index in [1.54, 1.807) is 25.3 Å². The van der Waals surface area contributed by atoms with Crippen LogP contribution in [0.2, 0.25) is 0 Å². The van der Waals surface area contributed by atoms with Gasteiger partial charge in [-0.2, -0.15) is 4.31 Å². The summed E-state index contributed by atoms with van der Waals surface area (Å²) in [6.07, 6.45) is 1.83. The van der Waals surface area contributed by atoms with Gasteiger partial charge in [-0.25, -0.2) is 8.42 Å². The van der Waals surface area contributed by atoms with Crippen molar-refractivity contribution in [1.29, 1.82) is 0 Å². The summed E-state index contributed by atoms with van der Waals surface area (Å²) in [5.74, 6) is 0.231. The van der Waals surface area contributed by atoms with E-state index in [1.807, 2.05) is 4.90 Å². The maximum absolute atomic E-state index is 13.2. The first kappa shape index (κ1) is 24.6. The van der Waals surface area contributed by atoms with Gasteiger partial charge in [0, 0.05) is 32.8 Å². The van der Waals surface area contributed by atoms with E-state index >= 15 is 0 Å². The highest BCUT2D eigenvalue weighted by molar-refractivity contribution is 7.89. The summed E-state index contributed by atoms with van der Waals surface area (Å²) in [4.78, 5) is 15.0. The number of rotatable bonds is 11. The summed E-state index contributed by atoms with van der Waals surface area (Å²) in [7, 11) is -0.684. The molecule has 0 atom stereocenters. The van der Waals surface area contributed by atoms with Gasteiger partial charge >= 0.3 is 0 Å². The van der Waals surface area contributed by atoms with Crippen LogP contribution in [0.5, 0.6) is 5.75 Å². The molecule has 1 aliphatic heterocycles. The molecule has 2 rings (SSSR count). The van der Waals surface area contributed by atoms with Crippen LogP contribution >= 0.6 is 0 Å². The Labute approximate surface area is 180 Å². The molecule has 0 bridgehead atoms. The van der Waals surface area contributed by atoms with Gasteiger partial charge in [0.15, 0.2) is 0 Å². The zero-order valence-corrected chi connectivity index (χ0v) is 19.2. The van der Waals surface area contributed by atoms with Crippen LogP contribution in [-0.4, -0.2) is 83.2 Å². The van der Waals surface area contributed by atoms with Crippen molar-refractivity contribution in [3.05, 3.63) is 23.8 Å². The molecule has 8 nitrogen and oxygen atoms in total. The Morgan fingerprint density at radius 3 is 2.43 bits per heavy atom. The van der Waals surface area contributed by atoms with Gasteiger partial charge in [0.2, 0.25) is 15.9 Å². The Morgan fingerprint density at radius 1 is 1.20 bits per heavy atom. The van der Waals surface area contributed by atoms with Crippen LogP contribution in [0.4, 0.5) is 0 Å². The lowest BCUT2D eigenvalue weighted by atomic mass is 10.1. The fraction of sp³-hybridized carbons (Fsp3) is 0.667. The average Bonchev–Trinajstić information content (AvgIpc) is 2.77. The van der Waals surface area contributed by atoms with Crippen molar-refractivity contribution in [2.75, 3.05) is 53.7 Å². The number of hydrogen-bond acceptors (Lipinski definition) is 6. The lowest BCUT2D eigenvalue weighted by molar-refractivity contribution is -0.133. The first-order chi connectivity index (χ1) is 14.4. The van der Waals surface area contributed by atoms with Crippen LogP contribution < -0.4 is 4.74 Å². The summed E-state index contributed by atoms with van der Waals surface area (Å²) in [5.41, 5.74) is 0.640. The molecule has 1 saturated heterocycles. The second kappa shape index (κ2) is 11.6. The van der Waals surface area contributed by atoms with Gasteiger partial charge in [-0.1, -0.05) is 19.9 Å². The highest BCUT2D eigenvalue weighted by Gasteiger charge is 2.30. The summed E-state index contributed by atoms with van der Waals surface area (Å²) >= 11 is 0. The van der Waals surface area contributed by atoms with E-state index in [2.05, 4.69) is 13.8 Å². The van der Waals surface area contributed by atoms with Gasteiger partial charge in [0.05, 0.1) is 33.4 Å². The molecular weight excluding hydrogens is 408 g/mol. The van der Waals surface area contributed by atoms with E-state index in [0.29, 0.717) is 45.0 Å². The minimum Gasteiger partial charge on any atom is -0.495 e. The number of amides is 1. The minimum absolute atomic E-state index is 0.0411. The second-order valence-corrected chi connectivity index (χ2v) is 9.14. The number of benzene rings is 1. The Hall–Kier alpha value is -1.68. The number of sulfonamides is 1. The van der Waals surface area contributed by atoms with Crippen LogP contribution in [0.1, 0.15) is 32.3 Å². The Balaban J connectivity index is 2.29. The summed E-state index contributed by atoms with van der Waals surface area (Å²) in [6, 6.07) is 5.05. The van der Waals surface area contributed by atoms with Crippen molar-refractivity contribution < 1.29 is 27.4 Å². The van der Waals surface area contributed by atoms with Gasteiger partial charge in [-0.3, -0.25) is 4.79 Å². The third kappa shape index (κ3) is 5.94. The summed E-state index contributed by atoms with van der Waals surface area (Å²) < 4.78 is 43.5. The molecule has 9 heteroatoms. The number of methoxy groups -OCH3 is 2. The molecule has 0 N–H and O–H groups in total. The van der Waals surface area contributed by atoms with Crippen molar-refractivity contribution in [1.82, 2.24) is 9.21 Å².